The maximum Gasteiger partial charge on any atom is 0.156 e. The van der Waals surface area contributed by atoms with Gasteiger partial charge in [-0.1, -0.05) is 0 Å². The minimum absolute atomic E-state index is 0.0854. The summed E-state index contributed by atoms with van der Waals surface area (Å²) in [6, 6.07) is 1.92. The van der Waals surface area contributed by atoms with Crippen LogP contribution in [0.15, 0.2) is 24.0 Å². The van der Waals surface area contributed by atoms with Gasteiger partial charge in [-0.2, -0.15) is 0 Å². The zero-order chi connectivity index (χ0) is 6.97. The molecule has 2 nitrogen and oxygen atoms in total. The Hall–Kier alpha value is -0.450. The average Bonchev–Trinajstić information content (AvgIpc) is 2.36. The normalized spacial score (nSPS) is 15.5. The molecular formula is C7H6INO. The number of rotatable bonds is 0. The van der Waals surface area contributed by atoms with Crippen LogP contribution in [-0.4, -0.2) is 0 Å². The summed E-state index contributed by atoms with van der Waals surface area (Å²) in [6.07, 6.45) is 1.70. The van der Waals surface area contributed by atoms with E-state index in [0.29, 0.717) is 0 Å². The smallest absolute Gasteiger partial charge is 0.156 e. The summed E-state index contributed by atoms with van der Waals surface area (Å²) in [6.45, 7) is 2.07. The molecule has 0 radical (unpaired) electrons. The molecule has 0 saturated carbocycles. The highest BCUT2D eigenvalue weighted by Gasteiger charge is 2.08. The summed E-state index contributed by atoms with van der Waals surface area (Å²) in [4.78, 5) is 0. The van der Waals surface area contributed by atoms with Crippen molar-refractivity contribution in [2.75, 3.05) is 0 Å². The Labute approximate surface area is 69.1 Å². The molecule has 0 fully saturated rings. The van der Waals surface area contributed by atoms with Gasteiger partial charge in [-0.05, 0) is 11.0 Å². The molecule has 0 saturated heterocycles. The van der Waals surface area contributed by atoms with Crippen LogP contribution in [-0.2, 0) is 0 Å². The Balaban J connectivity index is 2.67. The van der Waals surface area contributed by atoms with E-state index in [-0.39, 0.29) is 21.0 Å². The van der Waals surface area contributed by atoms with Gasteiger partial charge in [0.15, 0.2) is 5.76 Å². The van der Waals surface area contributed by atoms with E-state index in [1.807, 2.05) is 6.07 Å². The van der Waals surface area contributed by atoms with Crippen LogP contribution < -0.4 is 0 Å². The molecule has 0 N–H and O–H groups in total. The molecule has 0 bridgehead atoms. The van der Waals surface area contributed by atoms with E-state index in [1.54, 1.807) is 6.26 Å². The lowest BCUT2D eigenvalue weighted by Crippen LogP contribution is -1.74. The molecular weight excluding hydrogens is 241 g/mol. The lowest BCUT2D eigenvalue weighted by atomic mass is 10.2. The van der Waals surface area contributed by atoms with Gasteiger partial charge in [0.1, 0.15) is 5.69 Å². The van der Waals surface area contributed by atoms with Crippen molar-refractivity contribution >= 4 is 32.3 Å². The molecule has 0 unspecified atom stereocenters. The van der Waals surface area contributed by atoms with Crippen LogP contribution >= 0.6 is 21.0 Å². The monoisotopic (exact) mass is 247 g/mol. The van der Waals surface area contributed by atoms with E-state index in [4.69, 9.17) is 4.42 Å². The quantitative estimate of drug-likeness (QED) is 0.644. The van der Waals surface area contributed by atoms with E-state index in [2.05, 4.69) is 14.2 Å². The highest BCUT2D eigenvalue weighted by atomic mass is 127. The summed E-state index contributed by atoms with van der Waals surface area (Å²) < 4.78 is 11.7. The number of nitrogens with zero attached hydrogens (tertiary/aromatic N) is 1. The van der Waals surface area contributed by atoms with Gasteiger partial charge in [-0.25, -0.2) is 3.15 Å². The second kappa shape index (κ2) is 2.30. The average molecular weight is 247 g/mol. The predicted molar refractivity (Wildman–Crippen MR) is 48.5 cm³/mol. The third-order valence-corrected chi connectivity index (χ3v) is 3.37. The Morgan fingerprint density at radius 3 is 3.30 bits per heavy atom. The van der Waals surface area contributed by atoms with Gasteiger partial charge in [0.05, 0.1) is 6.26 Å². The van der Waals surface area contributed by atoms with Crippen LogP contribution in [0.25, 0.3) is 5.57 Å². The molecule has 0 spiro atoms. The third-order valence-electron chi connectivity index (χ3n) is 1.35. The Bertz CT molecular complexity index is 311. The molecule has 0 aliphatic carbocycles. The number of furan rings is 1. The second-order valence-corrected chi connectivity index (χ2v) is 3.77. The molecule has 0 amide bonds. The molecule has 1 aliphatic rings. The summed E-state index contributed by atoms with van der Waals surface area (Å²) in [5, 5.41) is 0. The van der Waals surface area contributed by atoms with Crippen LogP contribution in [0.3, 0.4) is 0 Å². The number of halogens is 1. The summed E-state index contributed by atoms with van der Waals surface area (Å²) in [5.41, 5.74) is 2.27. The first-order valence-corrected chi connectivity index (χ1v) is 5.17. The summed E-state index contributed by atoms with van der Waals surface area (Å²) in [5.74, 6) is 0.950. The molecule has 0 atom stereocenters. The van der Waals surface area contributed by atoms with Crippen LogP contribution in [0.4, 0.5) is 5.69 Å². The predicted octanol–water partition coefficient (Wildman–Crippen LogP) is 3.44. The number of hydrogen-bond acceptors (Lipinski definition) is 2. The van der Waals surface area contributed by atoms with Crippen molar-refractivity contribution in [1.82, 2.24) is 0 Å². The highest BCUT2D eigenvalue weighted by Crippen LogP contribution is 2.35. The Morgan fingerprint density at radius 2 is 2.50 bits per heavy atom. The van der Waals surface area contributed by atoms with E-state index < -0.39 is 0 Å². The largest absolute Gasteiger partial charge is 0.462 e. The van der Waals surface area contributed by atoms with E-state index in [0.717, 1.165) is 11.4 Å². The maximum absolute atomic E-state index is 5.22. The first kappa shape index (κ1) is 6.27. The van der Waals surface area contributed by atoms with Gasteiger partial charge in [-0.15, -0.1) is 0 Å². The minimum atomic E-state index is -0.0854. The van der Waals surface area contributed by atoms with Crippen molar-refractivity contribution in [2.45, 2.75) is 6.92 Å². The molecule has 0 aromatic carbocycles. The van der Waals surface area contributed by atoms with Crippen LogP contribution in [0, 0.1) is 0 Å². The molecule has 52 valence electrons. The van der Waals surface area contributed by atoms with Crippen LogP contribution in [0.1, 0.15) is 12.7 Å². The van der Waals surface area contributed by atoms with Crippen molar-refractivity contribution < 1.29 is 4.42 Å². The van der Waals surface area contributed by atoms with Gasteiger partial charge in [0.2, 0.25) is 0 Å². The fourth-order valence-corrected chi connectivity index (χ4v) is 2.38. The Kier molecular flexibility index (Phi) is 1.44. The molecule has 1 aliphatic heterocycles. The summed E-state index contributed by atoms with van der Waals surface area (Å²) in [7, 11) is 0. The zero-order valence-corrected chi connectivity index (χ0v) is 7.62. The first-order chi connectivity index (χ1) is 4.88. The molecule has 2 rings (SSSR count). The number of allylic oxidation sites excluding steroid dienone is 1. The minimum Gasteiger partial charge on any atom is -0.462 e. The Morgan fingerprint density at radius 1 is 1.60 bits per heavy atom. The van der Waals surface area contributed by atoms with E-state index in [9.17, 15) is 0 Å². The van der Waals surface area contributed by atoms with Gasteiger partial charge in [-0.3, -0.25) is 0 Å². The van der Waals surface area contributed by atoms with Crippen LogP contribution in [0.2, 0.25) is 0 Å². The first-order valence-electron chi connectivity index (χ1n) is 2.96. The lowest BCUT2D eigenvalue weighted by Gasteiger charge is -1.99. The number of fused-ring (bicyclic) bond motifs is 1. The molecule has 1 aromatic rings. The van der Waals surface area contributed by atoms with Gasteiger partial charge >= 0.3 is 0 Å². The molecule has 1 aromatic heterocycles. The van der Waals surface area contributed by atoms with E-state index in [1.165, 1.54) is 5.57 Å². The van der Waals surface area contributed by atoms with Crippen molar-refractivity contribution in [3.05, 3.63) is 22.2 Å². The topological polar surface area (TPSA) is 25.5 Å². The second-order valence-electron chi connectivity index (χ2n) is 2.11. The van der Waals surface area contributed by atoms with Crippen molar-refractivity contribution in [3.63, 3.8) is 0 Å². The standard InChI is InChI=1S/C7H6INO/c1-5-4-8-9-6-2-3-10-7(5)6/h2-4H,1H3. The van der Waals surface area contributed by atoms with Gasteiger partial charge in [0, 0.05) is 32.7 Å². The molecule has 10 heavy (non-hydrogen) atoms. The SMILES string of the molecule is CC1=CI=Nc2ccoc21. The van der Waals surface area contributed by atoms with Gasteiger partial charge in [0.25, 0.3) is 0 Å². The molecule has 3 heteroatoms. The van der Waals surface area contributed by atoms with Gasteiger partial charge < -0.3 is 4.42 Å². The fourth-order valence-electron chi connectivity index (χ4n) is 0.864. The fraction of sp³-hybridized carbons (Fsp3) is 0.143. The maximum atomic E-state index is 5.22. The van der Waals surface area contributed by atoms with Crippen molar-refractivity contribution in [3.8, 4) is 0 Å². The van der Waals surface area contributed by atoms with Crippen molar-refractivity contribution in [1.29, 1.82) is 0 Å². The lowest BCUT2D eigenvalue weighted by molar-refractivity contribution is 0.553. The third kappa shape index (κ3) is 0.847. The zero-order valence-electron chi connectivity index (χ0n) is 5.47. The van der Waals surface area contributed by atoms with E-state index >= 15 is 0 Å². The van der Waals surface area contributed by atoms with Crippen LogP contribution in [0.5, 0.6) is 0 Å². The summed E-state index contributed by atoms with van der Waals surface area (Å²) >= 11 is -0.0854. The number of hydrogen-bond donors (Lipinski definition) is 0. The van der Waals surface area contributed by atoms with Crippen molar-refractivity contribution in [2.24, 2.45) is 3.15 Å². The molecule has 2 heterocycles. The highest BCUT2D eigenvalue weighted by molar-refractivity contribution is 14.2.